The predicted molar refractivity (Wildman–Crippen MR) is 111 cm³/mol. The Morgan fingerprint density at radius 3 is 2.07 bits per heavy atom. The Bertz CT molecular complexity index is 859. The highest BCUT2D eigenvalue weighted by Crippen LogP contribution is 2.20. The maximum atomic E-state index is 12.5. The van der Waals surface area contributed by atoms with Gasteiger partial charge >= 0.3 is 0 Å². The number of amides is 1. The lowest BCUT2D eigenvalue weighted by Gasteiger charge is -2.22. The van der Waals surface area contributed by atoms with Crippen LogP contribution in [-0.4, -0.2) is 26.6 Å². The second-order valence-electron chi connectivity index (χ2n) is 6.40. The van der Waals surface area contributed by atoms with Crippen LogP contribution in [0.15, 0.2) is 48.5 Å². The second kappa shape index (κ2) is 9.04. The van der Waals surface area contributed by atoms with E-state index in [1.807, 2.05) is 19.1 Å². The van der Waals surface area contributed by atoms with Gasteiger partial charge < -0.3 is 5.32 Å². The Morgan fingerprint density at radius 2 is 1.59 bits per heavy atom. The minimum Gasteiger partial charge on any atom is -0.346 e. The molecule has 27 heavy (non-hydrogen) atoms. The summed E-state index contributed by atoms with van der Waals surface area (Å²) < 4.78 is 25.6. The monoisotopic (exact) mass is 388 g/mol. The summed E-state index contributed by atoms with van der Waals surface area (Å²) in [4.78, 5) is 12.5. The molecule has 0 heterocycles. The molecule has 1 atom stereocenters. The van der Waals surface area contributed by atoms with Gasteiger partial charge in [0.2, 0.25) is 10.0 Å². The Kier molecular flexibility index (Phi) is 7.02. The van der Waals surface area contributed by atoms with E-state index in [9.17, 15) is 13.2 Å². The third-order valence-electron chi connectivity index (χ3n) is 4.64. The highest BCUT2D eigenvalue weighted by Gasteiger charge is 2.19. The van der Waals surface area contributed by atoms with E-state index >= 15 is 0 Å². The molecule has 146 valence electrons. The van der Waals surface area contributed by atoms with Crippen molar-refractivity contribution < 1.29 is 13.2 Å². The van der Waals surface area contributed by atoms with Crippen LogP contribution in [0, 0.1) is 0 Å². The van der Waals surface area contributed by atoms with Gasteiger partial charge in [-0.25, -0.2) is 8.42 Å². The van der Waals surface area contributed by atoms with Crippen molar-refractivity contribution >= 4 is 21.6 Å². The van der Waals surface area contributed by atoms with Crippen molar-refractivity contribution in [3.05, 3.63) is 65.2 Å². The Morgan fingerprint density at radius 1 is 1.00 bits per heavy atom. The fraction of sp³-hybridized carbons (Fsp3) is 0.381. The van der Waals surface area contributed by atoms with Crippen LogP contribution in [0.5, 0.6) is 0 Å². The van der Waals surface area contributed by atoms with Crippen molar-refractivity contribution in [3.8, 4) is 0 Å². The number of sulfonamides is 1. The number of carbonyl (C=O) groups is 1. The summed E-state index contributed by atoms with van der Waals surface area (Å²) in [6.07, 6.45) is 0.982. The van der Waals surface area contributed by atoms with E-state index in [1.165, 1.54) is 9.87 Å². The molecule has 0 aliphatic rings. The minimum atomic E-state index is -3.32. The zero-order chi connectivity index (χ0) is 20.0. The van der Waals surface area contributed by atoms with Crippen molar-refractivity contribution in [1.29, 1.82) is 0 Å². The lowest BCUT2D eigenvalue weighted by atomic mass is 10.0. The molecular formula is C21H28N2O3S. The van der Waals surface area contributed by atoms with Gasteiger partial charge in [0.1, 0.15) is 0 Å². The van der Waals surface area contributed by atoms with Gasteiger partial charge in [0.25, 0.3) is 5.91 Å². The summed E-state index contributed by atoms with van der Waals surface area (Å²) in [5.74, 6) is -0.146. The number of hydrogen-bond donors (Lipinski definition) is 1. The second-order valence-corrected chi connectivity index (χ2v) is 8.58. The number of hydrogen-bond acceptors (Lipinski definition) is 3. The summed E-state index contributed by atoms with van der Waals surface area (Å²) in [6, 6.07) is 14.7. The summed E-state index contributed by atoms with van der Waals surface area (Å²) in [5.41, 5.74) is 3.37. The van der Waals surface area contributed by atoms with Gasteiger partial charge in [0.05, 0.1) is 17.5 Å². The van der Waals surface area contributed by atoms with E-state index in [4.69, 9.17) is 0 Å². The first-order valence-corrected chi connectivity index (χ1v) is 10.9. The molecule has 2 rings (SSSR count). The van der Waals surface area contributed by atoms with Crippen LogP contribution in [0.25, 0.3) is 0 Å². The van der Waals surface area contributed by atoms with Crippen molar-refractivity contribution in [1.82, 2.24) is 5.32 Å². The van der Waals surface area contributed by atoms with Gasteiger partial charge in [-0.15, -0.1) is 0 Å². The number of benzene rings is 2. The van der Waals surface area contributed by atoms with Crippen LogP contribution in [0.4, 0.5) is 5.69 Å². The first kappa shape index (κ1) is 21.0. The molecule has 0 saturated heterocycles. The van der Waals surface area contributed by atoms with Crippen LogP contribution in [0.2, 0.25) is 0 Å². The van der Waals surface area contributed by atoms with Gasteiger partial charge in [-0.3, -0.25) is 9.10 Å². The third kappa shape index (κ3) is 5.10. The Hall–Kier alpha value is -2.34. The fourth-order valence-corrected chi connectivity index (χ4v) is 4.03. The maximum absolute atomic E-state index is 12.5. The number of rotatable bonds is 8. The average molecular weight is 389 g/mol. The zero-order valence-electron chi connectivity index (χ0n) is 16.4. The van der Waals surface area contributed by atoms with Crippen molar-refractivity contribution in [2.75, 3.05) is 16.6 Å². The van der Waals surface area contributed by atoms with Crippen molar-refractivity contribution in [2.24, 2.45) is 0 Å². The zero-order valence-corrected chi connectivity index (χ0v) is 17.2. The van der Waals surface area contributed by atoms with Gasteiger partial charge in [0, 0.05) is 12.1 Å². The molecule has 2 aromatic rings. The molecule has 0 spiro atoms. The summed E-state index contributed by atoms with van der Waals surface area (Å²) in [7, 11) is -3.32. The van der Waals surface area contributed by atoms with Crippen molar-refractivity contribution in [3.63, 3.8) is 0 Å². The van der Waals surface area contributed by atoms with Crippen molar-refractivity contribution in [2.45, 2.75) is 40.2 Å². The smallest absolute Gasteiger partial charge is 0.251 e. The van der Waals surface area contributed by atoms with E-state index in [1.54, 1.807) is 38.1 Å². The minimum absolute atomic E-state index is 0.0391. The molecule has 0 radical (unpaired) electrons. The molecule has 0 saturated carbocycles. The van der Waals surface area contributed by atoms with Gasteiger partial charge in [0.15, 0.2) is 0 Å². The van der Waals surface area contributed by atoms with Crippen LogP contribution >= 0.6 is 0 Å². The molecule has 1 unspecified atom stereocenters. The Balaban J connectivity index is 2.10. The molecule has 5 nitrogen and oxygen atoms in total. The number of carbonyl (C=O) groups excluding carboxylic acids is 1. The molecule has 1 amide bonds. The standard InChI is InChI=1S/C21H28N2O3S/c1-5-17-8-10-18(11-9-17)16(4)22-21(24)19-12-14-20(15-13-19)23(6-2)27(25,26)7-3/h8-16H,5-7H2,1-4H3,(H,22,24). The van der Waals surface area contributed by atoms with E-state index in [0.717, 1.165) is 12.0 Å². The number of nitrogens with one attached hydrogen (secondary N) is 1. The van der Waals surface area contributed by atoms with Crippen LogP contribution in [0.1, 0.15) is 55.2 Å². The normalized spacial score (nSPS) is 12.4. The van der Waals surface area contributed by atoms with E-state index in [0.29, 0.717) is 17.8 Å². The molecular weight excluding hydrogens is 360 g/mol. The topological polar surface area (TPSA) is 66.5 Å². The summed E-state index contributed by atoms with van der Waals surface area (Å²) >= 11 is 0. The summed E-state index contributed by atoms with van der Waals surface area (Å²) in [5, 5.41) is 2.98. The number of aryl methyl sites for hydroxylation is 1. The van der Waals surface area contributed by atoms with Crippen LogP contribution in [0.3, 0.4) is 0 Å². The number of anilines is 1. The molecule has 0 fully saturated rings. The van der Waals surface area contributed by atoms with Gasteiger partial charge in [-0.05, 0) is 62.6 Å². The van der Waals surface area contributed by atoms with E-state index in [-0.39, 0.29) is 17.7 Å². The van der Waals surface area contributed by atoms with Crippen LogP contribution in [-0.2, 0) is 16.4 Å². The Labute approximate surface area is 162 Å². The third-order valence-corrected chi connectivity index (χ3v) is 6.51. The quantitative estimate of drug-likeness (QED) is 0.745. The highest BCUT2D eigenvalue weighted by molar-refractivity contribution is 7.92. The SMILES string of the molecule is CCc1ccc(C(C)NC(=O)c2ccc(N(CC)S(=O)(=O)CC)cc2)cc1. The lowest BCUT2D eigenvalue weighted by molar-refractivity contribution is 0.0940. The van der Waals surface area contributed by atoms with Crippen LogP contribution < -0.4 is 9.62 Å². The van der Waals surface area contributed by atoms with E-state index in [2.05, 4.69) is 24.4 Å². The highest BCUT2D eigenvalue weighted by atomic mass is 32.2. The van der Waals surface area contributed by atoms with Gasteiger partial charge in [-0.2, -0.15) is 0 Å². The molecule has 2 aromatic carbocycles. The molecule has 0 aromatic heterocycles. The lowest BCUT2D eigenvalue weighted by Crippen LogP contribution is -2.32. The first-order chi connectivity index (χ1) is 12.8. The largest absolute Gasteiger partial charge is 0.346 e. The summed E-state index contributed by atoms with van der Waals surface area (Å²) in [6.45, 7) is 7.81. The maximum Gasteiger partial charge on any atom is 0.251 e. The number of nitrogens with zero attached hydrogens (tertiary/aromatic N) is 1. The molecule has 6 heteroatoms. The fourth-order valence-electron chi connectivity index (χ4n) is 2.88. The van der Waals surface area contributed by atoms with Gasteiger partial charge in [-0.1, -0.05) is 31.2 Å². The molecule has 0 aliphatic carbocycles. The molecule has 1 N–H and O–H groups in total. The average Bonchev–Trinajstić information content (AvgIpc) is 2.68. The first-order valence-electron chi connectivity index (χ1n) is 9.32. The molecule has 0 aliphatic heterocycles. The van der Waals surface area contributed by atoms with E-state index < -0.39 is 10.0 Å². The predicted octanol–water partition coefficient (Wildman–Crippen LogP) is 3.92. The molecule has 0 bridgehead atoms.